The summed E-state index contributed by atoms with van der Waals surface area (Å²) in [6.07, 6.45) is 0.929. The van der Waals surface area contributed by atoms with E-state index in [1.54, 1.807) is 7.11 Å². The Bertz CT molecular complexity index is 890. The number of amides is 4. The minimum atomic E-state index is -0.677. The van der Waals surface area contributed by atoms with Crippen molar-refractivity contribution in [3.63, 3.8) is 0 Å². The second-order valence-electron chi connectivity index (χ2n) is 6.84. The lowest BCUT2D eigenvalue weighted by Gasteiger charge is -2.13. The summed E-state index contributed by atoms with van der Waals surface area (Å²) in [7, 11) is 1.60. The molecule has 1 aliphatic heterocycles. The van der Waals surface area contributed by atoms with Gasteiger partial charge >= 0.3 is 6.03 Å². The van der Waals surface area contributed by atoms with Crippen molar-refractivity contribution in [2.45, 2.75) is 39.2 Å². The van der Waals surface area contributed by atoms with E-state index in [1.807, 2.05) is 38.1 Å². The number of anilines is 1. The van der Waals surface area contributed by atoms with Crippen molar-refractivity contribution in [1.82, 2.24) is 15.2 Å². The maximum Gasteiger partial charge on any atom is 0.324 e. The maximum absolute atomic E-state index is 12.5. The Morgan fingerprint density at radius 3 is 2.62 bits per heavy atom. The largest absolute Gasteiger partial charge is 0.497 e. The zero-order valence-corrected chi connectivity index (χ0v) is 17.5. The van der Waals surface area contributed by atoms with Crippen molar-refractivity contribution in [2.24, 2.45) is 0 Å². The first kappa shape index (κ1) is 20.8. The Balaban J connectivity index is 1.48. The number of aryl methyl sites for hydroxylation is 2. The molecule has 9 heteroatoms. The Morgan fingerprint density at radius 1 is 1.28 bits per heavy atom. The number of nitrogens with one attached hydrogen (secondary N) is 2. The van der Waals surface area contributed by atoms with E-state index in [-0.39, 0.29) is 31.2 Å². The lowest BCUT2D eigenvalue weighted by Crippen LogP contribution is -2.33. The molecule has 2 heterocycles. The van der Waals surface area contributed by atoms with Crippen LogP contribution in [-0.4, -0.2) is 47.4 Å². The minimum absolute atomic E-state index is 0.126. The summed E-state index contributed by atoms with van der Waals surface area (Å²) >= 11 is 1.41. The molecular formula is C20H24N4O4S. The van der Waals surface area contributed by atoms with E-state index < -0.39 is 12.1 Å². The molecule has 2 aromatic rings. The molecule has 0 bridgehead atoms. The summed E-state index contributed by atoms with van der Waals surface area (Å²) in [6.45, 7) is 4.11. The van der Waals surface area contributed by atoms with Crippen LogP contribution in [0.5, 0.6) is 5.75 Å². The second kappa shape index (κ2) is 9.04. The Kier molecular flexibility index (Phi) is 6.48. The summed E-state index contributed by atoms with van der Waals surface area (Å²) in [4.78, 5) is 43.3. The standard InChI is InChI=1S/C20H24N4O4S/c1-12-13(2)29-19(21-12)23-17(25)9-8-16-18(26)24(20(27)22-16)11-10-14-4-6-15(28-3)7-5-14/h4-7,16H,8-11H2,1-3H3,(H,22,27)(H,21,23,25). The summed E-state index contributed by atoms with van der Waals surface area (Å²) in [5, 5.41) is 5.96. The van der Waals surface area contributed by atoms with Crippen molar-refractivity contribution in [3.05, 3.63) is 40.4 Å². The van der Waals surface area contributed by atoms with E-state index in [4.69, 9.17) is 4.74 Å². The summed E-state index contributed by atoms with van der Waals surface area (Å²) in [5.74, 6) is 0.236. The van der Waals surface area contributed by atoms with Crippen LogP contribution in [0.25, 0.3) is 0 Å². The molecule has 154 valence electrons. The average molecular weight is 417 g/mol. The van der Waals surface area contributed by atoms with E-state index in [2.05, 4.69) is 15.6 Å². The molecule has 1 aromatic heterocycles. The topological polar surface area (TPSA) is 101 Å². The van der Waals surface area contributed by atoms with Gasteiger partial charge in [0.1, 0.15) is 11.8 Å². The summed E-state index contributed by atoms with van der Waals surface area (Å²) in [5.41, 5.74) is 1.89. The van der Waals surface area contributed by atoms with Gasteiger partial charge in [0, 0.05) is 17.8 Å². The number of carbonyl (C=O) groups excluding carboxylic acids is 3. The molecule has 0 radical (unpaired) electrons. The third kappa shape index (κ3) is 5.11. The van der Waals surface area contributed by atoms with Gasteiger partial charge in [-0.3, -0.25) is 14.5 Å². The highest BCUT2D eigenvalue weighted by Gasteiger charge is 2.37. The van der Waals surface area contributed by atoms with Crippen LogP contribution in [0.2, 0.25) is 0 Å². The average Bonchev–Trinajstić information content (AvgIpc) is 3.16. The van der Waals surface area contributed by atoms with Crippen LogP contribution in [0.1, 0.15) is 29.0 Å². The first-order valence-corrected chi connectivity index (χ1v) is 10.2. The monoisotopic (exact) mass is 416 g/mol. The van der Waals surface area contributed by atoms with Gasteiger partial charge in [-0.05, 0) is 44.4 Å². The molecule has 29 heavy (non-hydrogen) atoms. The van der Waals surface area contributed by atoms with Crippen molar-refractivity contribution < 1.29 is 19.1 Å². The van der Waals surface area contributed by atoms with Crippen molar-refractivity contribution >= 4 is 34.3 Å². The van der Waals surface area contributed by atoms with Crippen LogP contribution in [0.4, 0.5) is 9.93 Å². The van der Waals surface area contributed by atoms with E-state index in [0.29, 0.717) is 11.6 Å². The number of carbonyl (C=O) groups is 3. The highest BCUT2D eigenvalue weighted by atomic mass is 32.1. The number of aromatic nitrogens is 1. The number of nitrogens with zero attached hydrogens (tertiary/aromatic N) is 2. The fraction of sp³-hybridized carbons (Fsp3) is 0.400. The minimum Gasteiger partial charge on any atom is -0.497 e. The number of ether oxygens (including phenoxy) is 1. The lowest BCUT2D eigenvalue weighted by molar-refractivity contribution is -0.127. The predicted octanol–water partition coefficient (Wildman–Crippen LogP) is 2.65. The zero-order valence-electron chi connectivity index (χ0n) is 16.7. The summed E-state index contributed by atoms with van der Waals surface area (Å²) in [6, 6.07) is 6.40. The van der Waals surface area contributed by atoms with Gasteiger partial charge in [-0.15, -0.1) is 11.3 Å². The molecule has 4 amide bonds. The van der Waals surface area contributed by atoms with E-state index in [9.17, 15) is 14.4 Å². The SMILES string of the molecule is COc1ccc(CCN2C(=O)NC(CCC(=O)Nc3nc(C)c(C)s3)C2=O)cc1. The number of benzene rings is 1. The zero-order chi connectivity index (χ0) is 21.0. The molecule has 0 saturated carbocycles. The number of rotatable bonds is 8. The van der Waals surface area contributed by atoms with Gasteiger partial charge in [-0.1, -0.05) is 12.1 Å². The number of methoxy groups -OCH3 is 1. The summed E-state index contributed by atoms with van der Waals surface area (Å²) < 4.78 is 5.12. The predicted molar refractivity (Wildman–Crippen MR) is 110 cm³/mol. The molecule has 2 N–H and O–H groups in total. The van der Waals surface area contributed by atoms with E-state index >= 15 is 0 Å². The number of hydrogen-bond acceptors (Lipinski definition) is 6. The quantitative estimate of drug-likeness (QED) is 0.645. The molecule has 0 aliphatic carbocycles. The third-order valence-electron chi connectivity index (χ3n) is 4.83. The highest BCUT2D eigenvalue weighted by Crippen LogP contribution is 2.21. The van der Waals surface area contributed by atoms with Gasteiger partial charge < -0.3 is 15.4 Å². The van der Waals surface area contributed by atoms with Crippen LogP contribution >= 0.6 is 11.3 Å². The van der Waals surface area contributed by atoms with Crippen LogP contribution in [0.15, 0.2) is 24.3 Å². The molecule has 0 spiro atoms. The second-order valence-corrected chi connectivity index (χ2v) is 8.04. The number of urea groups is 1. The van der Waals surface area contributed by atoms with Crippen LogP contribution in [0, 0.1) is 13.8 Å². The van der Waals surface area contributed by atoms with Crippen LogP contribution in [-0.2, 0) is 16.0 Å². The number of hydrogen-bond donors (Lipinski definition) is 2. The van der Waals surface area contributed by atoms with Gasteiger partial charge in [-0.25, -0.2) is 9.78 Å². The molecular weight excluding hydrogens is 392 g/mol. The Morgan fingerprint density at radius 2 is 2.00 bits per heavy atom. The molecule has 1 atom stereocenters. The molecule has 1 aliphatic rings. The first-order valence-electron chi connectivity index (χ1n) is 9.36. The first-order chi connectivity index (χ1) is 13.9. The van der Waals surface area contributed by atoms with Crippen molar-refractivity contribution in [2.75, 3.05) is 19.0 Å². The van der Waals surface area contributed by atoms with Crippen LogP contribution < -0.4 is 15.4 Å². The van der Waals surface area contributed by atoms with Gasteiger partial charge in [0.2, 0.25) is 5.91 Å². The van der Waals surface area contributed by atoms with Gasteiger partial charge in [0.05, 0.1) is 12.8 Å². The third-order valence-corrected chi connectivity index (χ3v) is 5.81. The molecule has 3 rings (SSSR count). The van der Waals surface area contributed by atoms with Gasteiger partial charge in [-0.2, -0.15) is 0 Å². The molecule has 1 fully saturated rings. The van der Waals surface area contributed by atoms with E-state index in [1.165, 1.54) is 16.2 Å². The van der Waals surface area contributed by atoms with Crippen LogP contribution in [0.3, 0.4) is 0 Å². The van der Waals surface area contributed by atoms with Gasteiger partial charge in [0.25, 0.3) is 5.91 Å². The number of thiazole rings is 1. The fourth-order valence-corrected chi connectivity index (χ4v) is 3.83. The molecule has 1 saturated heterocycles. The Labute approximate surface area is 173 Å². The highest BCUT2D eigenvalue weighted by molar-refractivity contribution is 7.15. The lowest BCUT2D eigenvalue weighted by atomic mass is 10.1. The van der Waals surface area contributed by atoms with E-state index in [0.717, 1.165) is 21.9 Å². The molecule has 1 unspecified atom stereocenters. The van der Waals surface area contributed by atoms with Crippen molar-refractivity contribution in [3.8, 4) is 5.75 Å². The molecule has 8 nitrogen and oxygen atoms in total. The molecule has 1 aromatic carbocycles. The smallest absolute Gasteiger partial charge is 0.324 e. The van der Waals surface area contributed by atoms with Gasteiger partial charge in [0.15, 0.2) is 5.13 Å². The number of imide groups is 1. The van der Waals surface area contributed by atoms with Crippen molar-refractivity contribution in [1.29, 1.82) is 0 Å². The maximum atomic E-state index is 12.5. The fourth-order valence-electron chi connectivity index (χ4n) is 3.00. The normalized spacial score (nSPS) is 16.1. The Hall–Kier alpha value is -2.94.